The number of hydrogen-bond donors (Lipinski definition) is 1. The average molecular weight is 305 g/mol. The van der Waals surface area contributed by atoms with Gasteiger partial charge in [-0.3, -0.25) is 9.69 Å². The first kappa shape index (κ1) is 14.4. The Morgan fingerprint density at radius 3 is 3.05 bits per heavy atom. The maximum atomic E-state index is 11.7. The molecule has 1 aliphatic rings. The van der Waals surface area contributed by atoms with E-state index < -0.39 is 0 Å². The molecule has 5 nitrogen and oxygen atoms in total. The molecule has 1 unspecified atom stereocenters. The molecule has 0 bridgehead atoms. The lowest BCUT2D eigenvalue weighted by Crippen LogP contribution is -2.39. The van der Waals surface area contributed by atoms with E-state index in [0.29, 0.717) is 12.4 Å². The third-order valence-corrected chi connectivity index (χ3v) is 4.60. The minimum absolute atomic E-state index is 0.0437. The van der Waals surface area contributed by atoms with Gasteiger partial charge in [0.1, 0.15) is 5.82 Å². The van der Waals surface area contributed by atoms with Crippen LogP contribution in [-0.2, 0) is 11.3 Å². The third-order valence-electron chi connectivity index (χ3n) is 3.62. The van der Waals surface area contributed by atoms with Gasteiger partial charge in [-0.15, -0.1) is 11.3 Å². The first-order valence-electron chi connectivity index (χ1n) is 7.07. The van der Waals surface area contributed by atoms with Gasteiger partial charge in [0, 0.05) is 28.9 Å². The van der Waals surface area contributed by atoms with E-state index >= 15 is 0 Å². The zero-order valence-electron chi connectivity index (χ0n) is 12.3. The number of thiophene rings is 1. The lowest BCUT2D eigenvalue weighted by atomic mass is 10.1. The molecule has 0 spiro atoms. The van der Waals surface area contributed by atoms with Crippen LogP contribution in [0.25, 0.3) is 0 Å². The number of aryl methyl sites for hydroxylation is 2. The molecule has 2 aromatic rings. The average Bonchev–Trinajstić information content (AvgIpc) is 2.83. The summed E-state index contributed by atoms with van der Waals surface area (Å²) in [7, 11) is 0. The standard InChI is InChI=1S/C15H19N3O2S/c1-10-3-4-12(21-10)8-18-5-6-20-9-14(18)13-7-15(19)17-11(2)16-13/h3-4,7,14H,5-6,8-9H2,1-2H3,(H,16,17,19). The molecule has 21 heavy (non-hydrogen) atoms. The molecule has 0 saturated carbocycles. The Bertz CT molecular complexity index is 680. The van der Waals surface area contributed by atoms with Crippen LogP contribution < -0.4 is 5.56 Å². The molecular formula is C15H19N3O2S. The predicted molar refractivity (Wildman–Crippen MR) is 82.6 cm³/mol. The van der Waals surface area contributed by atoms with Crippen molar-refractivity contribution < 1.29 is 4.74 Å². The Labute approximate surface area is 127 Å². The van der Waals surface area contributed by atoms with Crippen LogP contribution in [0.1, 0.15) is 27.3 Å². The van der Waals surface area contributed by atoms with E-state index in [1.807, 2.05) is 18.3 Å². The van der Waals surface area contributed by atoms with Gasteiger partial charge in [-0.2, -0.15) is 0 Å². The minimum Gasteiger partial charge on any atom is -0.378 e. The van der Waals surface area contributed by atoms with Gasteiger partial charge >= 0.3 is 0 Å². The molecule has 1 saturated heterocycles. The largest absolute Gasteiger partial charge is 0.378 e. The van der Waals surface area contributed by atoms with Crippen LogP contribution in [0, 0.1) is 13.8 Å². The lowest BCUT2D eigenvalue weighted by Gasteiger charge is -2.34. The van der Waals surface area contributed by atoms with Gasteiger partial charge in [0.15, 0.2) is 0 Å². The second-order valence-corrected chi connectivity index (χ2v) is 6.70. The van der Waals surface area contributed by atoms with Crippen molar-refractivity contribution in [2.75, 3.05) is 19.8 Å². The van der Waals surface area contributed by atoms with E-state index in [1.165, 1.54) is 9.75 Å². The maximum Gasteiger partial charge on any atom is 0.251 e. The summed E-state index contributed by atoms with van der Waals surface area (Å²) in [6, 6.07) is 5.94. The summed E-state index contributed by atoms with van der Waals surface area (Å²) in [6.45, 7) is 6.96. The van der Waals surface area contributed by atoms with Crippen LogP contribution in [0.5, 0.6) is 0 Å². The quantitative estimate of drug-likeness (QED) is 0.942. The second kappa shape index (κ2) is 6.09. The Kier molecular flexibility index (Phi) is 4.19. The van der Waals surface area contributed by atoms with Gasteiger partial charge in [0.2, 0.25) is 0 Å². The number of nitrogens with one attached hydrogen (secondary N) is 1. The molecule has 1 aliphatic heterocycles. The smallest absolute Gasteiger partial charge is 0.251 e. The van der Waals surface area contributed by atoms with Gasteiger partial charge in [0.05, 0.1) is 24.9 Å². The van der Waals surface area contributed by atoms with Crippen molar-refractivity contribution in [1.29, 1.82) is 0 Å². The van der Waals surface area contributed by atoms with Crippen molar-refractivity contribution in [3.05, 3.63) is 49.8 Å². The first-order valence-corrected chi connectivity index (χ1v) is 7.88. The predicted octanol–water partition coefficient (Wildman–Crippen LogP) is 2.02. The fourth-order valence-corrected chi connectivity index (χ4v) is 3.56. The summed E-state index contributed by atoms with van der Waals surface area (Å²) in [5, 5.41) is 0. The summed E-state index contributed by atoms with van der Waals surface area (Å²) >= 11 is 1.81. The normalized spacial score (nSPS) is 19.8. The molecule has 0 radical (unpaired) electrons. The number of ether oxygens (including phenoxy) is 1. The van der Waals surface area contributed by atoms with Gasteiger partial charge in [0.25, 0.3) is 5.56 Å². The van der Waals surface area contributed by atoms with Gasteiger partial charge in [-0.1, -0.05) is 0 Å². The molecule has 0 aliphatic carbocycles. The summed E-state index contributed by atoms with van der Waals surface area (Å²) in [4.78, 5) is 23.8. The van der Waals surface area contributed by atoms with E-state index in [0.717, 1.165) is 25.4 Å². The molecule has 1 fully saturated rings. The highest BCUT2D eigenvalue weighted by Crippen LogP contribution is 2.26. The molecule has 0 aromatic carbocycles. The van der Waals surface area contributed by atoms with E-state index in [2.05, 4.69) is 33.9 Å². The number of aromatic nitrogens is 2. The molecule has 3 heterocycles. The number of rotatable bonds is 3. The van der Waals surface area contributed by atoms with Crippen molar-refractivity contribution >= 4 is 11.3 Å². The topological polar surface area (TPSA) is 58.2 Å². The Hall–Kier alpha value is -1.50. The number of hydrogen-bond acceptors (Lipinski definition) is 5. The number of nitrogens with zero attached hydrogens (tertiary/aromatic N) is 2. The van der Waals surface area contributed by atoms with Crippen LogP contribution in [0.2, 0.25) is 0 Å². The monoisotopic (exact) mass is 305 g/mol. The first-order chi connectivity index (χ1) is 10.1. The summed E-state index contributed by atoms with van der Waals surface area (Å²) < 4.78 is 5.60. The number of morpholine rings is 1. The second-order valence-electron chi connectivity index (χ2n) is 5.33. The van der Waals surface area contributed by atoms with E-state index in [-0.39, 0.29) is 11.6 Å². The van der Waals surface area contributed by atoms with E-state index in [1.54, 1.807) is 6.07 Å². The van der Waals surface area contributed by atoms with Gasteiger partial charge in [-0.05, 0) is 26.0 Å². The fraction of sp³-hybridized carbons (Fsp3) is 0.467. The van der Waals surface area contributed by atoms with Crippen molar-refractivity contribution in [3.8, 4) is 0 Å². The van der Waals surface area contributed by atoms with E-state index in [4.69, 9.17) is 4.74 Å². The molecule has 6 heteroatoms. The Balaban J connectivity index is 1.85. The SMILES string of the molecule is Cc1nc(C2COCCN2Cc2ccc(C)s2)cc(=O)[nH]1. The lowest BCUT2D eigenvalue weighted by molar-refractivity contribution is -0.0139. The highest BCUT2D eigenvalue weighted by atomic mass is 32.1. The van der Waals surface area contributed by atoms with Crippen LogP contribution >= 0.6 is 11.3 Å². The van der Waals surface area contributed by atoms with E-state index in [9.17, 15) is 4.79 Å². The highest BCUT2D eigenvalue weighted by Gasteiger charge is 2.26. The summed E-state index contributed by atoms with van der Waals surface area (Å²) in [5.41, 5.74) is 0.694. The highest BCUT2D eigenvalue weighted by molar-refractivity contribution is 7.11. The van der Waals surface area contributed by atoms with Crippen LogP contribution in [0.3, 0.4) is 0 Å². The van der Waals surface area contributed by atoms with Crippen molar-refractivity contribution in [1.82, 2.24) is 14.9 Å². The molecule has 1 atom stereocenters. The minimum atomic E-state index is -0.102. The van der Waals surface area contributed by atoms with Crippen LogP contribution in [0.4, 0.5) is 0 Å². The number of H-pyrrole nitrogens is 1. The van der Waals surface area contributed by atoms with Gasteiger partial charge < -0.3 is 9.72 Å². The zero-order valence-corrected chi connectivity index (χ0v) is 13.1. The summed E-state index contributed by atoms with van der Waals surface area (Å²) in [6.07, 6.45) is 0. The molecule has 1 N–H and O–H groups in total. The third kappa shape index (κ3) is 3.40. The van der Waals surface area contributed by atoms with Gasteiger partial charge in [-0.25, -0.2) is 4.98 Å². The fourth-order valence-electron chi connectivity index (χ4n) is 2.64. The molecule has 3 rings (SSSR count). The van der Waals surface area contributed by atoms with Crippen LogP contribution in [0.15, 0.2) is 23.0 Å². The van der Waals surface area contributed by atoms with Crippen LogP contribution in [-0.4, -0.2) is 34.6 Å². The Morgan fingerprint density at radius 2 is 2.33 bits per heavy atom. The number of aromatic amines is 1. The Morgan fingerprint density at radius 1 is 1.48 bits per heavy atom. The molecule has 112 valence electrons. The zero-order chi connectivity index (χ0) is 14.8. The molecule has 2 aromatic heterocycles. The molecule has 0 amide bonds. The molecular weight excluding hydrogens is 286 g/mol. The maximum absolute atomic E-state index is 11.7. The van der Waals surface area contributed by atoms with Crippen molar-refractivity contribution in [2.45, 2.75) is 26.4 Å². The van der Waals surface area contributed by atoms with Crippen molar-refractivity contribution in [2.24, 2.45) is 0 Å². The van der Waals surface area contributed by atoms with Crippen molar-refractivity contribution in [3.63, 3.8) is 0 Å². The summed E-state index contributed by atoms with van der Waals surface area (Å²) in [5.74, 6) is 0.648.